The van der Waals surface area contributed by atoms with Crippen molar-refractivity contribution in [3.05, 3.63) is 0 Å². The SMILES string of the molecule is CCCC1CCCN(C(C)CC(C)O)CC1. The second kappa shape index (κ2) is 7.29. The van der Waals surface area contributed by atoms with Gasteiger partial charge in [0, 0.05) is 6.04 Å². The van der Waals surface area contributed by atoms with E-state index in [1.165, 1.54) is 45.2 Å². The minimum atomic E-state index is -0.162. The van der Waals surface area contributed by atoms with E-state index in [1.807, 2.05) is 6.92 Å². The molecule has 0 aromatic rings. The monoisotopic (exact) mass is 227 g/mol. The maximum absolute atomic E-state index is 9.43. The topological polar surface area (TPSA) is 23.5 Å². The Morgan fingerprint density at radius 2 is 2.00 bits per heavy atom. The maximum Gasteiger partial charge on any atom is 0.0526 e. The summed E-state index contributed by atoms with van der Waals surface area (Å²) < 4.78 is 0. The summed E-state index contributed by atoms with van der Waals surface area (Å²) in [6.07, 6.45) is 7.59. The van der Waals surface area contributed by atoms with Gasteiger partial charge in [0.25, 0.3) is 0 Å². The Morgan fingerprint density at radius 3 is 2.62 bits per heavy atom. The highest BCUT2D eigenvalue weighted by Crippen LogP contribution is 2.23. The minimum Gasteiger partial charge on any atom is -0.393 e. The fourth-order valence-electron chi connectivity index (χ4n) is 2.97. The van der Waals surface area contributed by atoms with E-state index in [4.69, 9.17) is 0 Å². The molecule has 16 heavy (non-hydrogen) atoms. The van der Waals surface area contributed by atoms with Gasteiger partial charge in [0.1, 0.15) is 0 Å². The van der Waals surface area contributed by atoms with Gasteiger partial charge in [-0.25, -0.2) is 0 Å². The Hall–Kier alpha value is -0.0800. The minimum absolute atomic E-state index is 0.162. The van der Waals surface area contributed by atoms with Gasteiger partial charge < -0.3 is 10.0 Å². The van der Waals surface area contributed by atoms with Crippen molar-refractivity contribution in [2.45, 2.75) is 71.4 Å². The van der Waals surface area contributed by atoms with Gasteiger partial charge in [-0.3, -0.25) is 0 Å². The van der Waals surface area contributed by atoms with Gasteiger partial charge in [0.2, 0.25) is 0 Å². The molecule has 0 aromatic carbocycles. The van der Waals surface area contributed by atoms with Gasteiger partial charge in [0.15, 0.2) is 0 Å². The van der Waals surface area contributed by atoms with E-state index >= 15 is 0 Å². The van der Waals surface area contributed by atoms with Crippen molar-refractivity contribution in [2.75, 3.05) is 13.1 Å². The average Bonchev–Trinajstić information content (AvgIpc) is 2.43. The first kappa shape index (κ1) is 14.0. The summed E-state index contributed by atoms with van der Waals surface area (Å²) in [5, 5.41) is 9.43. The number of likely N-dealkylation sites (tertiary alicyclic amines) is 1. The van der Waals surface area contributed by atoms with Crippen molar-refractivity contribution in [2.24, 2.45) is 5.92 Å². The largest absolute Gasteiger partial charge is 0.393 e. The Morgan fingerprint density at radius 1 is 1.25 bits per heavy atom. The van der Waals surface area contributed by atoms with E-state index in [2.05, 4.69) is 18.7 Å². The first-order chi connectivity index (χ1) is 7.63. The molecule has 0 aromatic heterocycles. The number of hydrogen-bond donors (Lipinski definition) is 1. The molecular formula is C14H29NO. The summed E-state index contributed by atoms with van der Waals surface area (Å²) in [5.74, 6) is 0.953. The van der Waals surface area contributed by atoms with Crippen LogP contribution in [0.3, 0.4) is 0 Å². The smallest absolute Gasteiger partial charge is 0.0526 e. The van der Waals surface area contributed by atoms with Crippen molar-refractivity contribution in [3.63, 3.8) is 0 Å². The molecule has 96 valence electrons. The molecule has 0 amide bonds. The molecule has 2 heteroatoms. The fourth-order valence-corrected chi connectivity index (χ4v) is 2.97. The zero-order valence-electron chi connectivity index (χ0n) is 11.3. The van der Waals surface area contributed by atoms with Crippen LogP contribution >= 0.6 is 0 Å². The van der Waals surface area contributed by atoms with Crippen LogP contribution in [0.15, 0.2) is 0 Å². The van der Waals surface area contributed by atoms with Crippen LogP contribution in [0.4, 0.5) is 0 Å². The average molecular weight is 227 g/mol. The molecule has 0 saturated carbocycles. The second-order valence-electron chi connectivity index (χ2n) is 5.56. The van der Waals surface area contributed by atoms with Crippen LogP contribution in [-0.2, 0) is 0 Å². The third-order valence-electron chi connectivity index (χ3n) is 3.88. The summed E-state index contributed by atoms with van der Waals surface area (Å²) in [6.45, 7) is 8.91. The summed E-state index contributed by atoms with van der Waals surface area (Å²) in [5.41, 5.74) is 0. The third-order valence-corrected chi connectivity index (χ3v) is 3.88. The fraction of sp³-hybridized carbons (Fsp3) is 1.00. The molecule has 2 nitrogen and oxygen atoms in total. The van der Waals surface area contributed by atoms with Gasteiger partial charge in [-0.05, 0) is 58.5 Å². The van der Waals surface area contributed by atoms with Crippen LogP contribution in [-0.4, -0.2) is 35.2 Å². The first-order valence-corrected chi connectivity index (χ1v) is 7.05. The van der Waals surface area contributed by atoms with Crippen LogP contribution in [0.5, 0.6) is 0 Å². The van der Waals surface area contributed by atoms with Crippen LogP contribution < -0.4 is 0 Å². The predicted octanol–water partition coefficient (Wildman–Crippen LogP) is 3.05. The molecule has 1 N–H and O–H groups in total. The number of rotatable bonds is 5. The van der Waals surface area contributed by atoms with Crippen molar-refractivity contribution < 1.29 is 5.11 Å². The molecule has 1 heterocycles. The molecule has 0 aliphatic carbocycles. The van der Waals surface area contributed by atoms with Crippen LogP contribution in [0.2, 0.25) is 0 Å². The highest BCUT2D eigenvalue weighted by molar-refractivity contribution is 4.75. The molecular weight excluding hydrogens is 198 g/mol. The molecule has 1 fully saturated rings. The molecule has 0 bridgehead atoms. The summed E-state index contributed by atoms with van der Waals surface area (Å²) in [6, 6.07) is 0.542. The van der Waals surface area contributed by atoms with E-state index in [1.54, 1.807) is 0 Å². The van der Waals surface area contributed by atoms with Crippen molar-refractivity contribution in [1.82, 2.24) is 4.90 Å². The highest BCUT2D eigenvalue weighted by atomic mass is 16.3. The molecule has 1 aliphatic heterocycles. The lowest BCUT2D eigenvalue weighted by Crippen LogP contribution is -2.36. The molecule has 3 atom stereocenters. The number of aliphatic hydroxyl groups excluding tert-OH is 1. The van der Waals surface area contributed by atoms with E-state index in [9.17, 15) is 5.11 Å². The Labute approximate surface area is 101 Å². The molecule has 0 radical (unpaired) electrons. The zero-order chi connectivity index (χ0) is 12.0. The molecule has 1 aliphatic rings. The van der Waals surface area contributed by atoms with Gasteiger partial charge in [-0.1, -0.05) is 19.8 Å². The number of nitrogens with zero attached hydrogens (tertiary/aromatic N) is 1. The Kier molecular flexibility index (Phi) is 6.37. The lowest BCUT2D eigenvalue weighted by molar-refractivity contribution is 0.121. The highest BCUT2D eigenvalue weighted by Gasteiger charge is 2.20. The number of hydrogen-bond acceptors (Lipinski definition) is 2. The van der Waals surface area contributed by atoms with Gasteiger partial charge in [0.05, 0.1) is 6.10 Å². The van der Waals surface area contributed by atoms with Gasteiger partial charge in [-0.15, -0.1) is 0 Å². The van der Waals surface area contributed by atoms with Crippen LogP contribution in [0.1, 0.15) is 59.3 Å². The van der Waals surface area contributed by atoms with E-state index in [0.29, 0.717) is 6.04 Å². The Bertz CT molecular complexity index is 182. The maximum atomic E-state index is 9.43. The first-order valence-electron chi connectivity index (χ1n) is 7.05. The van der Waals surface area contributed by atoms with Gasteiger partial charge in [-0.2, -0.15) is 0 Å². The van der Waals surface area contributed by atoms with Crippen LogP contribution in [0.25, 0.3) is 0 Å². The van der Waals surface area contributed by atoms with Gasteiger partial charge >= 0.3 is 0 Å². The van der Waals surface area contributed by atoms with E-state index < -0.39 is 0 Å². The van der Waals surface area contributed by atoms with Crippen molar-refractivity contribution in [3.8, 4) is 0 Å². The van der Waals surface area contributed by atoms with E-state index in [-0.39, 0.29) is 6.10 Å². The number of aliphatic hydroxyl groups is 1. The molecule has 1 rings (SSSR count). The summed E-state index contributed by atoms with van der Waals surface area (Å²) in [4.78, 5) is 2.57. The summed E-state index contributed by atoms with van der Waals surface area (Å²) in [7, 11) is 0. The third kappa shape index (κ3) is 4.84. The molecule has 3 unspecified atom stereocenters. The molecule has 1 saturated heterocycles. The van der Waals surface area contributed by atoms with Crippen molar-refractivity contribution in [1.29, 1.82) is 0 Å². The quantitative estimate of drug-likeness (QED) is 0.780. The molecule has 0 spiro atoms. The lowest BCUT2D eigenvalue weighted by atomic mass is 9.96. The van der Waals surface area contributed by atoms with Crippen molar-refractivity contribution >= 4 is 0 Å². The zero-order valence-corrected chi connectivity index (χ0v) is 11.3. The normalized spacial score (nSPS) is 27.4. The Balaban J connectivity index is 2.34. The second-order valence-corrected chi connectivity index (χ2v) is 5.56. The lowest BCUT2D eigenvalue weighted by Gasteiger charge is -2.28. The van der Waals surface area contributed by atoms with E-state index in [0.717, 1.165) is 12.3 Å². The predicted molar refractivity (Wildman–Crippen MR) is 69.6 cm³/mol. The summed E-state index contributed by atoms with van der Waals surface area (Å²) >= 11 is 0. The van der Waals surface area contributed by atoms with Crippen LogP contribution in [0, 0.1) is 5.92 Å². The standard InChI is InChI=1S/C14H29NO/c1-4-6-14-7-5-9-15(10-8-14)12(2)11-13(3)16/h12-14,16H,4-11H2,1-3H3.